The molecule has 4 aromatic carbocycles. The zero-order valence-corrected chi connectivity index (χ0v) is 24.6. The van der Waals surface area contributed by atoms with Crippen molar-refractivity contribution in [3.05, 3.63) is 130 Å². The number of aliphatic carboxylic acids is 1. The van der Waals surface area contributed by atoms with E-state index in [1.165, 1.54) is 23.9 Å². The highest BCUT2D eigenvalue weighted by molar-refractivity contribution is 7.98. The number of nitrogens with one attached hydrogen (secondary N) is 1. The summed E-state index contributed by atoms with van der Waals surface area (Å²) in [4.78, 5) is 30.7. The minimum atomic E-state index is -1.09. The molecule has 1 atom stereocenters. The van der Waals surface area contributed by atoms with Gasteiger partial charge >= 0.3 is 5.97 Å². The van der Waals surface area contributed by atoms with Gasteiger partial charge in [0.25, 0.3) is 5.91 Å². The Balaban J connectivity index is 1.74. The van der Waals surface area contributed by atoms with E-state index in [2.05, 4.69) is 10.2 Å². The Bertz CT molecular complexity index is 1630. The van der Waals surface area contributed by atoms with Gasteiger partial charge in [-0.25, -0.2) is 18.4 Å². The molecule has 0 aliphatic heterocycles. The lowest BCUT2D eigenvalue weighted by Crippen LogP contribution is -2.41. The number of aryl methyl sites for hydroxylation is 1. The Kier molecular flexibility index (Phi) is 10.5. The number of halogens is 2. The van der Waals surface area contributed by atoms with Crippen molar-refractivity contribution in [1.29, 1.82) is 0 Å². The molecule has 0 bridgehead atoms. The molecule has 0 aromatic heterocycles. The second kappa shape index (κ2) is 14.5. The Morgan fingerprint density at radius 1 is 0.930 bits per heavy atom. The van der Waals surface area contributed by atoms with Gasteiger partial charge in [0, 0.05) is 30.4 Å². The van der Waals surface area contributed by atoms with Crippen LogP contribution in [-0.2, 0) is 17.9 Å². The summed E-state index contributed by atoms with van der Waals surface area (Å²) in [6.45, 7) is 9.71. The SMILES string of the molecule is [C-]#[N+]c1ccc(N(Cc2cc(F)cc(F)c2)Cc2ccc(C(=O)N[C@@H](CCSC)C(=O)O)c(-c3ccccc3C)c2)cc1. The second-order valence-electron chi connectivity index (χ2n) is 10.1. The molecule has 0 fully saturated rings. The quantitative estimate of drug-likeness (QED) is 0.164. The van der Waals surface area contributed by atoms with E-state index in [1.807, 2.05) is 48.4 Å². The first-order valence-corrected chi connectivity index (χ1v) is 15.0. The van der Waals surface area contributed by atoms with Crippen molar-refractivity contribution in [1.82, 2.24) is 5.32 Å². The van der Waals surface area contributed by atoms with E-state index < -0.39 is 29.6 Å². The monoisotopic (exact) mass is 599 g/mol. The third-order valence-electron chi connectivity index (χ3n) is 6.99. The largest absolute Gasteiger partial charge is 0.480 e. The maximum atomic E-state index is 14.0. The first-order valence-electron chi connectivity index (χ1n) is 13.6. The van der Waals surface area contributed by atoms with E-state index in [0.29, 0.717) is 41.1 Å². The van der Waals surface area contributed by atoms with E-state index in [4.69, 9.17) is 6.57 Å². The van der Waals surface area contributed by atoms with Crippen LogP contribution in [-0.4, -0.2) is 35.0 Å². The fourth-order valence-electron chi connectivity index (χ4n) is 4.83. The predicted molar refractivity (Wildman–Crippen MR) is 167 cm³/mol. The number of nitrogens with zero attached hydrogens (tertiary/aromatic N) is 2. The minimum absolute atomic E-state index is 0.184. The van der Waals surface area contributed by atoms with E-state index in [1.54, 1.807) is 36.4 Å². The van der Waals surface area contributed by atoms with Gasteiger partial charge < -0.3 is 15.3 Å². The highest BCUT2D eigenvalue weighted by atomic mass is 32.2. The number of anilines is 1. The van der Waals surface area contributed by atoms with Crippen LogP contribution >= 0.6 is 11.8 Å². The average Bonchev–Trinajstić information content (AvgIpc) is 2.98. The van der Waals surface area contributed by atoms with Crippen LogP contribution in [0.2, 0.25) is 0 Å². The number of benzene rings is 4. The van der Waals surface area contributed by atoms with Crippen molar-refractivity contribution in [2.75, 3.05) is 16.9 Å². The van der Waals surface area contributed by atoms with Gasteiger partial charge in [0.05, 0.1) is 6.57 Å². The predicted octanol–water partition coefficient (Wildman–Crippen LogP) is 7.63. The van der Waals surface area contributed by atoms with Crippen molar-refractivity contribution >= 4 is 35.0 Å². The maximum absolute atomic E-state index is 14.0. The summed E-state index contributed by atoms with van der Waals surface area (Å²) in [5.74, 6) is -2.34. The molecular weight excluding hydrogens is 568 g/mol. The molecule has 0 saturated heterocycles. The summed E-state index contributed by atoms with van der Waals surface area (Å²) in [7, 11) is 0. The highest BCUT2D eigenvalue weighted by Gasteiger charge is 2.23. The normalized spacial score (nSPS) is 11.4. The zero-order chi connectivity index (χ0) is 30.9. The molecule has 0 aliphatic carbocycles. The molecule has 220 valence electrons. The topological polar surface area (TPSA) is 74.0 Å². The number of hydrogen-bond acceptors (Lipinski definition) is 4. The number of rotatable bonds is 12. The number of thioether (sulfide) groups is 1. The van der Waals surface area contributed by atoms with Crippen molar-refractivity contribution < 1.29 is 23.5 Å². The number of hydrogen-bond donors (Lipinski definition) is 2. The van der Waals surface area contributed by atoms with Crippen molar-refractivity contribution in [3.63, 3.8) is 0 Å². The lowest BCUT2D eigenvalue weighted by atomic mass is 9.93. The standard InChI is InChI=1S/C34H31F2N3O3S/c1-22-6-4-5-7-29(22)31-18-23(8-13-30(31)33(40)38-32(34(41)42)14-15-43-3)20-39(28-11-9-27(37-2)10-12-28)21-24-16-25(35)19-26(36)17-24/h4-13,16-19,32H,14-15,20-21H2,1,3H3,(H,38,40)(H,41,42)/t32-/m0/s1. The fourth-order valence-corrected chi connectivity index (χ4v) is 5.31. The molecule has 0 saturated carbocycles. The van der Waals surface area contributed by atoms with Gasteiger partial charge in [-0.2, -0.15) is 11.8 Å². The summed E-state index contributed by atoms with van der Waals surface area (Å²) in [5, 5.41) is 12.4. The Morgan fingerprint density at radius 3 is 2.23 bits per heavy atom. The molecule has 1 amide bonds. The van der Waals surface area contributed by atoms with Crippen molar-refractivity contribution in [3.8, 4) is 11.1 Å². The molecule has 9 heteroatoms. The average molecular weight is 600 g/mol. The summed E-state index contributed by atoms with van der Waals surface area (Å²) in [5.41, 5.74) is 5.21. The Hall–Kier alpha value is -4.68. The van der Waals surface area contributed by atoms with Gasteiger partial charge in [-0.3, -0.25) is 4.79 Å². The lowest BCUT2D eigenvalue weighted by molar-refractivity contribution is -0.139. The smallest absolute Gasteiger partial charge is 0.326 e. The Morgan fingerprint density at radius 2 is 1.60 bits per heavy atom. The van der Waals surface area contributed by atoms with E-state index in [0.717, 1.165) is 28.4 Å². The van der Waals surface area contributed by atoms with Crippen LogP contribution in [0, 0.1) is 25.1 Å². The molecule has 0 aliphatic rings. The van der Waals surface area contributed by atoms with Gasteiger partial charge in [-0.15, -0.1) is 0 Å². The summed E-state index contributed by atoms with van der Waals surface area (Å²) < 4.78 is 28.1. The highest BCUT2D eigenvalue weighted by Crippen LogP contribution is 2.30. The summed E-state index contributed by atoms with van der Waals surface area (Å²) in [6, 6.07) is 22.3. The molecule has 0 radical (unpaired) electrons. The van der Waals surface area contributed by atoms with Crippen LogP contribution in [0.15, 0.2) is 84.9 Å². The number of amides is 1. The van der Waals surface area contributed by atoms with E-state index in [9.17, 15) is 23.5 Å². The first kappa shape index (κ1) is 31.3. The van der Waals surface area contributed by atoms with Gasteiger partial charge in [-0.05, 0) is 89.6 Å². The van der Waals surface area contributed by atoms with Crippen LogP contribution in [0.1, 0.15) is 33.5 Å². The van der Waals surface area contributed by atoms with Gasteiger partial charge in [0.2, 0.25) is 0 Å². The Labute approximate surface area is 254 Å². The molecule has 0 unspecified atom stereocenters. The van der Waals surface area contributed by atoms with Crippen molar-refractivity contribution in [2.24, 2.45) is 0 Å². The van der Waals surface area contributed by atoms with Crippen LogP contribution in [0.3, 0.4) is 0 Å². The van der Waals surface area contributed by atoms with Gasteiger partial charge in [0.1, 0.15) is 17.7 Å². The molecule has 0 spiro atoms. The molecule has 6 nitrogen and oxygen atoms in total. The van der Waals surface area contributed by atoms with Crippen LogP contribution in [0.25, 0.3) is 16.0 Å². The number of carboxylic acid groups (broad SMARTS) is 1. The third-order valence-corrected chi connectivity index (χ3v) is 7.64. The van der Waals surface area contributed by atoms with Crippen LogP contribution in [0.5, 0.6) is 0 Å². The summed E-state index contributed by atoms with van der Waals surface area (Å²) in [6.07, 6.45) is 2.17. The number of carbonyl (C=O) groups excluding carboxylic acids is 1. The molecule has 4 aromatic rings. The molecule has 4 rings (SSSR count). The van der Waals surface area contributed by atoms with E-state index >= 15 is 0 Å². The molecule has 2 N–H and O–H groups in total. The van der Waals surface area contributed by atoms with Gasteiger partial charge in [-0.1, -0.05) is 42.5 Å². The molecular formula is C34H31F2N3O3S. The number of carboxylic acids is 1. The van der Waals surface area contributed by atoms with Crippen LogP contribution in [0.4, 0.5) is 20.2 Å². The molecule has 0 heterocycles. The third kappa shape index (κ3) is 8.21. The van der Waals surface area contributed by atoms with Crippen LogP contribution < -0.4 is 10.2 Å². The minimum Gasteiger partial charge on any atom is -0.480 e. The first-order chi connectivity index (χ1) is 20.7. The second-order valence-corrected chi connectivity index (χ2v) is 11.1. The maximum Gasteiger partial charge on any atom is 0.326 e. The number of carbonyl (C=O) groups is 2. The zero-order valence-electron chi connectivity index (χ0n) is 23.8. The molecule has 43 heavy (non-hydrogen) atoms. The van der Waals surface area contributed by atoms with Crippen molar-refractivity contribution in [2.45, 2.75) is 32.5 Å². The summed E-state index contributed by atoms with van der Waals surface area (Å²) >= 11 is 1.51. The van der Waals surface area contributed by atoms with E-state index in [-0.39, 0.29) is 6.54 Å². The fraction of sp³-hybridized carbons (Fsp3) is 0.206. The van der Waals surface area contributed by atoms with Gasteiger partial charge in [0.15, 0.2) is 5.69 Å². The lowest BCUT2D eigenvalue weighted by Gasteiger charge is -2.26.